The molecule has 3 rings (SSSR count). The molecule has 1 aliphatic carbocycles. The minimum atomic E-state index is -0.406. The SMILES string of the molecule is CC#Cc1cc(C)c(C2=C(OC(C)=O)CC(C3CCN(C(C)=O)CC3)CC2=O)c(C)c1. The lowest BCUT2D eigenvalue weighted by Crippen LogP contribution is -2.40. The van der Waals surface area contributed by atoms with E-state index in [2.05, 4.69) is 11.8 Å². The van der Waals surface area contributed by atoms with Crippen molar-refractivity contribution >= 4 is 23.2 Å². The van der Waals surface area contributed by atoms with Gasteiger partial charge in [0.25, 0.3) is 0 Å². The molecule has 1 aromatic carbocycles. The zero-order valence-corrected chi connectivity index (χ0v) is 19.1. The summed E-state index contributed by atoms with van der Waals surface area (Å²) in [6.45, 7) is 10.2. The fourth-order valence-corrected chi connectivity index (χ4v) is 5.05. The van der Waals surface area contributed by atoms with Gasteiger partial charge in [-0.3, -0.25) is 14.4 Å². The normalized spacial score (nSPS) is 19.7. The highest BCUT2D eigenvalue weighted by Gasteiger charge is 2.37. The number of carbonyl (C=O) groups is 3. The smallest absolute Gasteiger partial charge is 0.307 e. The third kappa shape index (κ3) is 5.07. The molecule has 1 heterocycles. The Kier molecular flexibility index (Phi) is 7.00. The van der Waals surface area contributed by atoms with Gasteiger partial charge in [-0.1, -0.05) is 5.92 Å². The molecule has 0 aromatic heterocycles. The Morgan fingerprint density at radius 2 is 1.65 bits per heavy atom. The summed E-state index contributed by atoms with van der Waals surface area (Å²) in [5, 5.41) is 0. The number of aryl methyl sites for hydroxylation is 2. The summed E-state index contributed by atoms with van der Waals surface area (Å²) in [4.78, 5) is 38.8. The molecule has 0 bridgehead atoms. The lowest BCUT2D eigenvalue weighted by atomic mass is 9.73. The van der Waals surface area contributed by atoms with E-state index in [0.717, 1.165) is 48.2 Å². The molecule has 1 aliphatic heterocycles. The zero-order valence-electron chi connectivity index (χ0n) is 19.1. The highest BCUT2D eigenvalue weighted by Crippen LogP contribution is 2.42. The Morgan fingerprint density at radius 1 is 1.03 bits per heavy atom. The number of esters is 1. The Bertz CT molecular complexity index is 977. The van der Waals surface area contributed by atoms with Crippen LogP contribution >= 0.6 is 0 Å². The van der Waals surface area contributed by atoms with Gasteiger partial charge in [0, 0.05) is 45.3 Å². The Morgan fingerprint density at radius 3 is 2.16 bits per heavy atom. The van der Waals surface area contributed by atoms with Crippen molar-refractivity contribution in [1.82, 2.24) is 4.90 Å². The van der Waals surface area contributed by atoms with E-state index in [1.54, 1.807) is 13.8 Å². The molecule has 1 atom stereocenters. The van der Waals surface area contributed by atoms with Gasteiger partial charge in [-0.25, -0.2) is 0 Å². The number of benzene rings is 1. The molecular formula is C26H31NO4. The largest absolute Gasteiger partial charge is 0.430 e. The number of piperidine rings is 1. The molecule has 1 amide bonds. The van der Waals surface area contributed by atoms with E-state index in [1.165, 1.54) is 6.92 Å². The Hall–Kier alpha value is -2.87. The van der Waals surface area contributed by atoms with Crippen LogP contribution in [0.5, 0.6) is 0 Å². The molecule has 5 nitrogen and oxygen atoms in total. The zero-order chi connectivity index (χ0) is 22.7. The van der Waals surface area contributed by atoms with E-state index in [1.807, 2.05) is 30.9 Å². The van der Waals surface area contributed by atoms with Gasteiger partial charge in [0.05, 0.1) is 5.57 Å². The summed E-state index contributed by atoms with van der Waals surface area (Å²) >= 11 is 0. The molecule has 0 saturated carbocycles. The van der Waals surface area contributed by atoms with E-state index >= 15 is 0 Å². The first-order valence-corrected chi connectivity index (χ1v) is 11.0. The third-order valence-electron chi connectivity index (χ3n) is 6.42. The standard InChI is InChI=1S/C26H31NO4/c1-6-7-20-12-16(2)25(17(3)13-20)26-23(30)14-22(15-24(26)31-19(5)29)21-8-10-27(11-9-21)18(4)28/h12-13,21-22H,8-11,14-15H2,1-5H3. The maximum absolute atomic E-state index is 13.4. The van der Waals surface area contributed by atoms with E-state index in [-0.39, 0.29) is 17.6 Å². The van der Waals surface area contributed by atoms with Crippen LogP contribution in [-0.4, -0.2) is 35.6 Å². The van der Waals surface area contributed by atoms with Crippen molar-refractivity contribution in [2.45, 2.75) is 60.3 Å². The Labute approximate surface area is 184 Å². The average Bonchev–Trinajstić information content (AvgIpc) is 2.69. The molecule has 5 heteroatoms. The first-order valence-electron chi connectivity index (χ1n) is 11.0. The maximum Gasteiger partial charge on any atom is 0.307 e. The predicted molar refractivity (Wildman–Crippen MR) is 120 cm³/mol. The molecule has 0 spiro atoms. The molecule has 1 unspecified atom stereocenters. The molecule has 1 fully saturated rings. The number of hydrogen-bond donors (Lipinski definition) is 0. The van der Waals surface area contributed by atoms with Gasteiger partial charge in [-0.2, -0.15) is 0 Å². The molecular weight excluding hydrogens is 390 g/mol. The highest BCUT2D eigenvalue weighted by atomic mass is 16.5. The molecule has 1 aromatic rings. The number of amides is 1. The van der Waals surface area contributed by atoms with Crippen molar-refractivity contribution in [2.75, 3.05) is 13.1 Å². The first kappa shape index (κ1) is 22.8. The number of nitrogens with zero attached hydrogens (tertiary/aromatic N) is 1. The topological polar surface area (TPSA) is 63.7 Å². The Balaban J connectivity index is 1.95. The van der Waals surface area contributed by atoms with Crippen LogP contribution in [-0.2, 0) is 19.1 Å². The maximum atomic E-state index is 13.4. The second kappa shape index (κ2) is 9.51. The van der Waals surface area contributed by atoms with E-state index < -0.39 is 5.97 Å². The van der Waals surface area contributed by atoms with Crippen LogP contribution in [0.1, 0.15) is 68.7 Å². The van der Waals surface area contributed by atoms with Gasteiger partial charge in [-0.15, -0.1) is 5.92 Å². The van der Waals surface area contributed by atoms with Crippen molar-refractivity contribution in [3.8, 4) is 11.8 Å². The van der Waals surface area contributed by atoms with E-state index in [9.17, 15) is 14.4 Å². The van der Waals surface area contributed by atoms with Crippen molar-refractivity contribution in [2.24, 2.45) is 11.8 Å². The van der Waals surface area contributed by atoms with Crippen molar-refractivity contribution in [3.05, 3.63) is 40.1 Å². The first-order chi connectivity index (χ1) is 14.7. The lowest BCUT2D eigenvalue weighted by molar-refractivity contribution is -0.137. The molecule has 0 radical (unpaired) electrons. The molecule has 2 aliphatic rings. The number of carbonyl (C=O) groups excluding carboxylic acids is 3. The van der Waals surface area contributed by atoms with Crippen LogP contribution in [0.4, 0.5) is 0 Å². The van der Waals surface area contributed by atoms with Crippen molar-refractivity contribution in [3.63, 3.8) is 0 Å². The monoisotopic (exact) mass is 421 g/mol. The van der Waals surface area contributed by atoms with Crippen LogP contribution in [0, 0.1) is 37.5 Å². The van der Waals surface area contributed by atoms with Crippen LogP contribution in [0.3, 0.4) is 0 Å². The molecule has 164 valence electrons. The highest BCUT2D eigenvalue weighted by molar-refractivity contribution is 6.23. The number of ether oxygens (including phenoxy) is 1. The van der Waals surface area contributed by atoms with Crippen LogP contribution in [0.25, 0.3) is 5.57 Å². The second-order valence-electron chi connectivity index (χ2n) is 8.69. The predicted octanol–water partition coefficient (Wildman–Crippen LogP) is 4.19. The van der Waals surface area contributed by atoms with Crippen molar-refractivity contribution < 1.29 is 19.1 Å². The van der Waals surface area contributed by atoms with Crippen molar-refractivity contribution in [1.29, 1.82) is 0 Å². The van der Waals surface area contributed by atoms with E-state index in [4.69, 9.17) is 4.74 Å². The quantitative estimate of drug-likeness (QED) is 0.542. The number of likely N-dealkylation sites (tertiary alicyclic amines) is 1. The van der Waals surface area contributed by atoms with E-state index in [0.29, 0.717) is 30.1 Å². The number of allylic oxidation sites excluding steroid dienone is 2. The number of hydrogen-bond acceptors (Lipinski definition) is 4. The lowest BCUT2D eigenvalue weighted by Gasteiger charge is -2.37. The summed E-state index contributed by atoms with van der Waals surface area (Å²) in [6.07, 6.45) is 2.77. The van der Waals surface area contributed by atoms with Gasteiger partial charge >= 0.3 is 5.97 Å². The molecule has 0 N–H and O–H groups in total. The van der Waals surface area contributed by atoms with Gasteiger partial charge in [0.15, 0.2) is 5.78 Å². The molecule has 1 saturated heterocycles. The third-order valence-corrected chi connectivity index (χ3v) is 6.42. The van der Waals surface area contributed by atoms with Crippen LogP contribution in [0.15, 0.2) is 17.9 Å². The summed E-state index contributed by atoms with van der Waals surface area (Å²) in [5.74, 6) is 6.67. The fourth-order valence-electron chi connectivity index (χ4n) is 5.05. The van der Waals surface area contributed by atoms with Crippen LogP contribution < -0.4 is 0 Å². The van der Waals surface area contributed by atoms with Gasteiger partial charge in [0.2, 0.25) is 5.91 Å². The second-order valence-corrected chi connectivity index (χ2v) is 8.69. The minimum Gasteiger partial charge on any atom is -0.430 e. The number of Topliss-reactive ketones (excluding diaryl/α,β-unsaturated/α-hetero) is 1. The van der Waals surface area contributed by atoms with Gasteiger partial charge in [0.1, 0.15) is 5.76 Å². The summed E-state index contributed by atoms with van der Waals surface area (Å²) in [7, 11) is 0. The molecule has 31 heavy (non-hydrogen) atoms. The summed E-state index contributed by atoms with van der Waals surface area (Å²) < 4.78 is 5.62. The summed E-state index contributed by atoms with van der Waals surface area (Å²) in [6, 6.07) is 3.96. The van der Waals surface area contributed by atoms with Gasteiger partial charge < -0.3 is 9.64 Å². The summed E-state index contributed by atoms with van der Waals surface area (Å²) in [5.41, 5.74) is 4.22. The fraction of sp³-hybridized carbons (Fsp3) is 0.500. The minimum absolute atomic E-state index is 0.0297. The van der Waals surface area contributed by atoms with Gasteiger partial charge in [-0.05, 0) is 74.3 Å². The number of rotatable bonds is 3. The average molecular weight is 422 g/mol. The van der Waals surface area contributed by atoms with Crippen LogP contribution in [0.2, 0.25) is 0 Å². The number of ketones is 1.